The summed E-state index contributed by atoms with van der Waals surface area (Å²) in [6.45, 7) is 3.65. The first-order valence-corrected chi connectivity index (χ1v) is 8.31. The van der Waals surface area contributed by atoms with Gasteiger partial charge in [0.2, 0.25) is 0 Å². The highest BCUT2D eigenvalue weighted by atomic mass is 19.1. The van der Waals surface area contributed by atoms with Gasteiger partial charge in [0.15, 0.2) is 5.82 Å². The van der Waals surface area contributed by atoms with E-state index in [9.17, 15) is 9.50 Å². The number of hydrogen-bond donors (Lipinski definition) is 1. The highest BCUT2D eigenvalue weighted by Crippen LogP contribution is 2.32. The van der Waals surface area contributed by atoms with E-state index in [1.165, 1.54) is 18.2 Å². The van der Waals surface area contributed by atoms with Crippen LogP contribution in [-0.2, 0) is 0 Å². The SMILES string of the molecule is CN1CCN(c2nc(-c3cc(F)ccc3O)nc3ccccc23)CC1. The van der Waals surface area contributed by atoms with E-state index in [1.807, 2.05) is 24.3 Å². The molecule has 1 fully saturated rings. The number of hydrogen-bond acceptors (Lipinski definition) is 5. The summed E-state index contributed by atoms with van der Waals surface area (Å²) < 4.78 is 13.7. The van der Waals surface area contributed by atoms with Gasteiger partial charge in [-0.3, -0.25) is 0 Å². The fourth-order valence-corrected chi connectivity index (χ4v) is 3.13. The molecule has 2 aromatic carbocycles. The predicted octanol–water partition coefficient (Wildman–Crippen LogP) is 2.89. The molecule has 4 rings (SSSR count). The Morgan fingerprint density at radius 1 is 1.00 bits per heavy atom. The number of para-hydroxylation sites is 1. The summed E-state index contributed by atoms with van der Waals surface area (Å²) in [5.41, 5.74) is 1.09. The number of nitrogens with zero attached hydrogens (tertiary/aromatic N) is 4. The Hall–Kier alpha value is -2.73. The van der Waals surface area contributed by atoms with Crippen LogP contribution in [0.5, 0.6) is 5.75 Å². The summed E-state index contributed by atoms with van der Waals surface area (Å²) in [4.78, 5) is 13.7. The molecule has 0 radical (unpaired) electrons. The second-order valence-corrected chi connectivity index (χ2v) is 6.34. The van der Waals surface area contributed by atoms with Crippen LogP contribution in [0.4, 0.5) is 10.2 Å². The molecule has 2 heterocycles. The largest absolute Gasteiger partial charge is 0.507 e. The van der Waals surface area contributed by atoms with E-state index in [2.05, 4.69) is 21.8 Å². The monoisotopic (exact) mass is 338 g/mol. The molecule has 0 aliphatic carbocycles. The quantitative estimate of drug-likeness (QED) is 0.779. The molecular formula is C19H19FN4O. The van der Waals surface area contributed by atoms with Crippen LogP contribution in [-0.4, -0.2) is 53.2 Å². The van der Waals surface area contributed by atoms with Crippen molar-refractivity contribution in [1.82, 2.24) is 14.9 Å². The second-order valence-electron chi connectivity index (χ2n) is 6.34. The van der Waals surface area contributed by atoms with Gasteiger partial charge < -0.3 is 14.9 Å². The molecule has 1 aliphatic rings. The van der Waals surface area contributed by atoms with Gasteiger partial charge in [0.25, 0.3) is 0 Å². The van der Waals surface area contributed by atoms with Crippen LogP contribution in [0.15, 0.2) is 42.5 Å². The molecule has 0 saturated carbocycles. The van der Waals surface area contributed by atoms with Crippen molar-refractivity contribution in [1.29, 1.82) is 0 Å². The van der Waals surface area contributed by atoms with Crippen molar-refractivity contribution < 1.29 is 9.50 Å². The van der Waals surface area contributed by atoms with Crippen LogP contribution in [0.25, 0.3) is 22.3 Å². The van der Waals surface area contributed by atoms with E-state index in [1.54, 1.807) is 0 Å². The van der Waals surface area contributed by atoms with Crippen LogP contribution < -0.4 is 4.90 Å². The van der Waals surface area contributed by atoms with Crippen LogP contribution in [0, 0.1) is 5.82 Å². The van der Waals surface area contributed by atoms with Crippen LogP contribution >= 0.6 is 0 Å². The second kappa shape index (κ2) is 6.29. The minimum Gasteiger partial charge on any atom is -0.507 e. The lowest BCUT2D eigenvalue weighted by atomic mass is 10.1. The van der Waals surface area contributed by atoms with Gasteiger partial charge in [-0.15, -0.1) is 0 Å². The van der Waals surface area contributed by atoms with Crippen molar-refractivity contribution in [2.24, 2.45) is 0 Å². The number of likely N-dealkylation sites (N-methyl/N-ethyl adjacent to an activating group) is 1. The zero-order valence-electron chi connectivity index (χ0n) is 14.0. The Morgan fingerprint density at radius 2 is 1.76 bits per heavy atom. The van der Waals surface area contributed by atoms with Gasteiger partial charge in [-0.2, -0.15) is 0 Å². The summed E-state index contributed by atoms with van der Waals surface area (Å²) in [6, 6.07) is 11.6. The fourth-order valence-electron chi connectivity index (χ4n) is 3.13. The number of fused-ring (bicyclic) bond motifs is 1. The smallest absolute Gasteiger partial charge is 0.165 e. The predicted molar refractivity (Wildman–Crippen MR) is 96.3 cm³/mol. The van der Waals surface area contributed by atoms with Crippen LogP contribution in [0.3, 0.4) is 0 Å². The first-order valence-electron chi connectivity index (χ1n) is 8.31. The maximum Gasteiger partial charge on any atom is 0.165 e. The Labute approximate surface area is 145 Å². The van der Waals surface area contributed by atoms with Crippen molar-refractivity contribution in [3.63, 3.8) is 0 Å². The van der Waals surface area contributed by atoms with Crippen molar-refractivity contribution >= 4 is 16.7 Å². The van der Waals surface area contributed by atoms with Gasteiger partial charge in [0, 0.05) is 31.6 Å². The lowest BCUT2D eigenvalue weighted by molar-refractivity contribution is 0.312. The van der Waals surface area contributed by atoms with E-state index < -0.39 is 5.82 Å². The molecule has 5 nitrogen and oxygen atoms in total. The topological polar surface area (TPSA) is 52.5 Å². The molecular weight excluding hydrogens is 319 g/mol. The number of rotatable bonds is 2. The highest BCUT2D eigenvalue weighted by Gasteiger charge is 2.20. The average Bonchev–Trinajstić information content (AvgIpc) is 2.63. The zero-order valence-corrected chi connectivity index (χ0v) is 14.0. The standard InChI is InChI=1S/C19H19FN4O/c1-23-8-10-24(11-9-23)19-14-4-2-3-5-16(14)21-18(22-19)15-12-13(20)6-7-17(15)25/h2-7,12,25H,8-11H2,1H3. The number of phenolic OH excluding ortho intramolecular Hbond substituents is 1. The third kappa shape index (κ3) is 3.00. The minimum atomic E-state index is -0.425. The van der Waals surface area contributed by atoms with Gasteiger partial charge in [-0.05, 0) is 37.4 Å². The average molecular weight is 338 g/mol. The van der Waals surface area contributed by atoms with Gasteiger partial charge in [0.1, 0.15) is 17.4 Å². The van der Waals surface area contributed by atoms with Gasteiger partial charge in [-0.25, -0.2) is 14.4 Å². The van der Waals surface area contributed by atoms with Gasteiger partial charge in [-0.1, -0.05) is 12.1 Å². The van der Waals surface area contributed by atoms with Crippen molar-refractivity contribution in [3.05, 3.63) is 48.3 Å². The molecule has 0 atom stereocenters. The number of halogens is 1. The van der Waals surface area contributed by atoms with Gasteiger partial charge in [0.05, 0.1) is 11.1 Å². The van der Waals surface area contributed by atoms with Crippen molar-refractivity contribution in [2.45, 2.75) is 0 Å². The molecule has 6 heteroatoms. The number of aromatic nitrogens is 2. The summed E-state index contributed by atoms with van der Waals surface area (Å²) in [6.07, 6.45) is 0. The molecule has 25 heavy (non-hydrogen) atoms. The van der Waals surface area contributed by atoms with Crippen molar-refractivity contribution in [3.8, 4) is 17.1 Å². The summed E-state index contributed by atoms with van der Waals surface area (Å²) in [5, 5.41) is 11.1. The summed E-state index contributed by atoms with van der Waals surface area (Å²) in [5.74, 6) is 0.716. The molecule has 0 unspecified atom stereocenters. The summed E-state index contributed by atoms with van der Waals surface area (Å²) >= 11 is 0. The Balaban J connectivity index is 1.88. The normalized spacial score (nSPS) is 15.7. The highest BCUT2D eigenvalue weighted by molar-refractivity contribution is 5.91. The lowest BCUT2D eigenvalue weighted by Crippen LogP contribution is -2.45. The number of anilines is 1. The number of piperazine rings is 1. The van der Waals surface area contributed by atoms with E-state index in [0.29, 0.717) is 11.4 Å². The first kappa shape index (κ1) is 15.8. The third-order valence-electron chi connectivity index (χ3n) is 4.59. The van der Waals surface area contributed by atoms with E-state index >= 15 is 0 Å². The summed E-state index contributed by atoms with van der Waals surface area (Å²) in [7, 11) is 2.10. The molecule has 128 valence electrons. The molecule has 1 N–H and O–H groups in total. The number of phenols is 1. The molecule has 0 spiro atoms. The Morgan fingerprint density at radius 3 is 2.56 bits per heavy atom. The Kier molecular flexibility index (Phi) is 3.97. The zero-order chi connectivity index (χ0) is 17.4. The fraction of sp³-hybridized carbons (Fsp3) is 0.263. The van der Waals surface area contributed by atoms with Crippen molar-refractivity contribution in [2.75, 3.05) is 38.1 Å². The molecule has 0 amide bonds. The van der Waals surface area contributed by atoms with E-state index in [4.69, 9.17) is 4.98 Å². The molecule has 1 saturated heterocycles. The third-order valence-corrected chi connectivity index (χ3v) is 4.59. The minimum absolute atomic E-state index is 0.0268. The number of benzene rings is 2. The van der Waals surface area contributed by atoms with E-state index in [0.717, 1.165) is 42.9 Å². The lowest BCUT2D eigenvalue weighted by Gasteiger charge is -2.33. The van der Waals surface area contributed by atoms with Gasteiger partial charge >= 0.3 is 0 Å². The molecule has 0 bridgehead atoms. The van der Waals surface area contributed by atoms with Crippen LogP contribution in [0.1, 0.15) is 0 Å². The molecule has 1 aromatic heterocycles. The molecule has 1 aliphatic heterocycles. The Bertz CT molecular complexity index is 922. The molecule has 3 aromatic rings. The maximum atomic E-state index is 13.7. The maximum absolute atomic E-state index is 13.7. The number of aromatic hydroxyl groups is 1. The van der Waals surface area contributed by atoms with Crippen LogP contribution in [0.2, 0.25) is 0 Å². The first-order chi connectivity index (χ1) is 12.1. The van der Waals surface area contributed by atoms with E-state index in [-0.39, 0.29) is 5.75 Å².